The third-order valence-electron chi connectivity index (χ3n) is 20.4. The van der Waals surface area contributed by atoms with Crippen LogP contribution in [0.25, 0.3) is 0 Å². The third kappa shape index (κ3) is 10.7. The van der Waals surface area contributed by atoms with Crippen molar-refractivity contribution < 1.29 is 88.5 Å². The molecule has 21 nitrogen and oxygen atoms in total. The fraction of sp³-hybridized carbons (Fsp3) is 0.768. The molecule has 11 N–H and O–H groups in total. The lowest BCUT2D eigenvalue weighted by atomic mass is 9.33. The molecule has 2 heterocycles. The first kappa shape index (κ1) is 61.6. The average molecular weight is 1120 g/mol. The van der Waals surface area contributed by atoms with Crippen LogP contribution in [0.2, 0.25) is 5.02 Å². The summed E-state index contributed by atoms with van der Waals surface area (Å²) < 4.78 is 28.5. The highest BCUT2D eigenvalue weighted by molar-refractivity contribution is 6.33. The number of nitrogen functional groups attached to an aromatic ring is 1. The van der Waals surface area contributed by atoms with Crippen molar-refractivity contribution in [3.05, 3.63) is 34.4 Å². The number of hydrogen-bond donors (Lipinski definition) is 10. The Balaban J connectivity index is 0.000000372. The van der Waals surface area contributed by atoms with Gasteiger partial charge in [-0.3, -0.25) is 14.4 Å². The van der Waals surface area contributed by atoms with Gasteiger partial charge in [-0.15, -0.1) is 0 Å². The van der Waals surface area contributed by atoms with Gasteiger partial charge in [-0.2, -0.15) is 0 Å². The Morgan fingerprint density at radius 1 is 0.782 bits per heavy atom. The molecule has 7 aliphatic rings. The van der Waals surface area contributed by atoms with Gasteiger partial charge in [-0.05, 0) is 129 Å². The van der Waals surface area contributed by atoms with Gasteiger partial charge < -0.3 is 80.5 Å². The summed E-state index contributed by atoms with van der Waals surface area (Å²) >= 11 is 5.95. The number of ketones is 1. The first-order valence-electron chi connectivity index (χ1n) is 27.4. The summed E-state index contributed by atoms with van der Waals surface area (Å²) in [4.78, 5) is 65.7. The topological polar surface area (TPSA) is 335 Å². The van der Waals surface area contributed by atoms with Gasteiger partial charge in [0.1, 0.15) is 42.4 Å². The molecule has 78 heavy (non-hydrogen) atoms. The Bertz CT molecular complexity index is 2480. The molecule has 5 aliphatic carbocycles. The number of nitrogens with two attached hydrogens (primary N) is 1. The van der Waals surface area contributed by atoms with Crippen molar-refractivity contribution >= 4 is 46.9 Å². The number of aliphatic carboxylic acids is 3. The molecule has 4 saturated carbocycles. The Hall–Kier alpha value is -4.00. The summed E-state index contributed by atoms with van der Waals surface area (Å²) in [5, 5.41) is 86.2. The van der Waals surface area contributed by atoms with Crippen molar-refractivity contribution in [1.29, 1.82) is 0 Å². The second-order valence-corrected chi connectivity index (χ2v) is 25.4. The van der Waals surface area contributed by atoms with Crippen molar-refractivity contribution in [1.82, 2.24) is 10.2 Å². The largest absolute Gasteiger partial charge is 0.496 e. The number of carbonyl (C=O) groups excluding carboxylic acids is 2. The summed E-state index contributed by atoms with van der Waals surface area (Å²) in [7, 11) is 1.50. The van der Waals surface area contributed by atoms with Gasteiger partial charge >= 0.3 is 17.9 Å². The number of nitrogens with zero attached hydrogens (tertiary/aromatic N) is 1. The highest BCUT2D eigenvalue weighted by Gasteiger charge is 2.71. The molecule has 0 spiro atoms. The molecule has 2 saturated heterocycles. The van der Waals surface area contributed by atoms with Gasteiger partial charge in [0, 0.05) is 25.1 Å². The molecule has 0 unspecified atom stereocenters. The van der Waals surface area contributed by atoms with E-state index in [-0.39, 0.29) is 40.3 Å². The summed E-state index contributed by atoms with van der Waals surface area (Å²) in [5.74, 6) is -4.26. The van der Waals surface area contributed by atoms with Gasteiger partial charge in [0.05, 0.1) is 34.9 Å². The monoisotopic (exact) mass is 1120 g/mol. The van der Waals surface area contributed by atoms with Crippen molar-refractivity contribution in [3.8, 4) is 5.75 Å². The summed E-state index contributed by atoms with van der Waals surface area (Å²) in [6, 6.07) is 3.09. The number of aliphatic hydroxyl groups excluding tert-OH is 5. The number of likely N-dealkylation sites (N-methyl/N-ethyl adjacent to an activating group) is 1. The molecule has 6 fully saturated rings. The smallest absolute Gasteiger partial charge is 0.335 e. The maximum absolute atomic E-state index is 14.8. The zero-order valence-corrected chi connectivity index (χ0v) is 47.3. The number of carboxylic acids is 3. The normalized spacial score (nSPS) is 41.8. The molecular formula is C56H84ClN3O18. The van der Waals surface area contributed by atoms with Gasteiger partial charge in [-0.1, -0.05) is 72.6 Å². The molecule has 8 rings (SSSR count). The standard InChI is InChI=1S/C42H62O16.C14H22ClN3O2/c1-37(2)21-8-11-42(7)31(20(43)16-18-19-17-39(4,36(53)54)13-12-38(19,3)14-15-41(18,42)6)40(21,5)10-9-22(37)55-35-30(26(47)25(46)29(57-35)33(51)52)58-34-27(48)23(44)24(45)28(56-34)32(49)50;1-4-18(5-2)7-6-17-14(19)10-8-11(15)12(16)9-13(10)20-3/h16,19,21-31,34-35,44-48H,8-15,17H2,1-7H3,(H,49,50)(H,51,52)(H,53,54);8-9H,4-7,16H2,1-3H3,(H,17,19)/t19-,21-,22-,23-,24-,25-,26-,27+,28-,29-,30+,31+,34-,35-,38+,39-,40-,41+,42+;/m0./s1. The van der Waals surface area contributed by atoms with E-state index in [1.165, 1.54) is 13.2 Å². The molecule has 0 aromatic heterocycles. The van der Waals surface area contributed by atoms with E-state index in [0.717, 1.165) is 57.3 Å². The molecular weight excluding hydrogens is 1040 g/mol. The number of methoxy groups -OCH3 is 1. The number of carbonyl (C=O) groups is 5. The number of aliphatic hydroxyl groups is 5. The highest BCUT2D eigenvalue weighted by atomic mass is 35.5. The van der Waals surface area contributed by atoms with Crippen LogP contribution in [0.4, 0.5) is 5.69 Å². The Morgan fingerprint density at radius 2 is 1.38 bits per heavy atom. The number of nitrogens with one attached hydrogen (secondary N) is 1. The van der Waals surface area contributed by atoms with Crippen LogP contribution >= 0.6 is 11.6 Å². The van der Waals surface area contributed by atoms with Crippen LogP contribution in [0.1, 0.15) is 130 Å². The number of allylic oxidation sites excluding steroid dienone is 2. The minimum Gasteiger partial charge on any atom is -0.496 e. The van der Waals surface area contributed by atoms with Crippen LogP contribution in [0.3, 0.4) is 0 Å². The summed E-state index contributed by atoms with van der Waals surface area (Å²) in [6.45, 7) is 22.3. The third-order valence-corrected chi connectivity index (χ3v) is 20.7. The van der Waals surface area contributed by atoms with Crippen LogP contribution in [-0.4, -0.2) is 176 Å². The lowest BCUT2D eigenvalue weighted by molar-refractivity contribution is -0.371. The Morgan fingerprint density at radius 3 is 1.97 bits per heavy atom. The number of anilines is 1. The van der Waals surface area contributed by atoms with Crippen LogP contribution in [0.5, 0.6) is 5.75 Å². The number of fused-ring (bicyclic) bond motifs is 7. The lowest BCUT2D eigenvalue weighted by Gasteiger charge is -2.70. The molecule has 1 aromatic rings. The minimum absolute atomic E-state index is 0.0217. The first-order valence-corrected chi connectivity index (χ1v) is 27.8. The summed E-state index contributed by atoms with van der Waals surface area (Å²) in [5.41, 5.74) is 4.67. The Kier molecular flexibility index (Phi) is 18.0. The molecule has 22 heteroatoms. The molecule has 0 radical (unpaired) electrons. The maximum Gasteiger partial charge on any atom is 0.335 e. The van der Waals surface area contributed by atoms with E-state index >= 15 is 0 Å². The maximum atomic E-state index is 14.8. The van der Waals surface area contributed by atoms with E-state index in [2.05, 4.69) is 51.8 Å². The predicted octanol–water partition coefficient (Wildman–Crippen LogP) is 4.25. The zero-order valence-electron chi connectivity index (χ0n) is 46.6. The highest BCUT2D eigenvalue weighted by Crippen LogP contribution is 2.75. The SMILES string of the molecule is CC1(C)[C@@H](O[C@H]2O[C@H](C(=O)O)[C@@H](O)[C@H](O)[C@H]2O[C@@H]2O[C@H](C(=O)O)[C@@H](O)[C@H](O)[C@H]2O)CC[C@]2(C)[C@H]3C(=O)C=C4[C@@H]5C[C@@](C)(C(=O)O)CC[C@]5(C)CC[C@@]4(C)[C@]3(C)CC[C@@H]12.CCN(CC)CCNC(=O)c1cc(Cl)c(N)cc1OC. The van der Waals surface area contributed by atoms with Crippen LogP contribution < -0.4 is 15.8 Å². The van der Waals surface area contributed by atoms with E-state index in [4.69, 9.17) is 41.0 Å². The van der Waals surface area contributed by atoms with Crippen molar-refractivity contribution in [2.24, 2.45) is 50.2 Å². The van der Waals surface area contributed by atoms with Crippen molar-refractivity contribution in [3.63, 3.8) is 0 Å². The number of ether oxygens (including phenoxy) is 5. The summed E-state index contributed by atoms with van der Waals surface area (Å²) in [6.07, 6.45) is -12.2. The van der Waals surface area contributed by atoms with E-state index in [1.807, 2.05) is 26.8 Å². The number of rotatable bonds is 14. The van der Waals surface area contributed by atoms with Crippen molar-refractivity contribution in [2.45, 2.75) is 188 Å². The quantitative estimate of drug-likeness (QED) is 0.0919. The number of hydrogen-bond acceptors (Lipinski definition) is 17. The fourth-order valence-electron chi connectivity index (χ4n) is 15.2. The van der Waals surface area contributed by atoms with Crippen LogP contribution in [0, 0.1) is 50.2 Å². The van der Waals surface area contributed by atoms with Crippen LogP contribution in [-0.2, 0) is 38.1 Å². The molecule has 19 atom stereocenters. The zero-order chi connectivity index (χ0) is 58.0. The van der Waals surface area contributed by atoms with Gasteiger partial charge in [-0.25, -0.2) is 9.59 Å². The van der Waals surface area contributed by atoms with Gasteiger partial charge in [0.2, 0.25) is 0 Å². The number of carboxylic acid groups (broad SMARTS) is 3. The van der Waals surface area contributed by atoms with E-state index in [9.17, 15) is 64.8 Å². The van der Waals surface area contributed by atoms with Crippen LogP contribution in [0.15, 0.2) is 23.8 Å². The molecule has 2 aliphatic heterocycles. The van der Waals surface area contributed by atoms with E-state index in [0.29, 0.717) is 54.3 Å². The van der Waals surface area contributed by atoms with E-state index < -0.39 is 107 Å². The van der Waals surface area contributed by atoms with Crippen molar-refractivity contribution in [2.75, 3.05) is 39.0 Å². The second-order valence-electron chi connectivity index (χ2n) is 25.0. The predicted molar refractivity (Wildman–Crippen MR) is 282 cm³/mol. The average Bonchev–Trinajstić information content (AvgIpc) is 2.93. The lowest BCUT2D eigenvalue weighted by Crippen LogP contribution is -2.68. The molecule has 0 bridgehead atoms. The second kappa shape index (κ2) is 22.7. The van der Waals surface area contributed by atoms with Gasteiger partial charge in [0.15, 0.2) is 30.6 Å². The molecule has 438 valence electrons. The van der Waals surface area contributed by atoms with E-state index in [1.54, 1.807) is 6.07 Å². The number of benzene rings is 1. The molecule has 1 aromatic carbocycles. The first-order chi connectivity index (χ1) is 36.3. The van der Waals surface area contributed by atoms with Gasteiger partial charge in [0.25, 0.3) is 5.91 Å². The minimum atomic E-state index is -2.05. The number of amides is 1. The number of halogens is 1. The fourth-order valence-corrected chi connectivity index (χ4v) is 15.4. The Labute approximate surface area is 461 Å². The molecule has 1 amide bonds.